The summed E-state index contributed by atoms with van der Waals surface area (Å²) in [4.78, 5) is 0. The van der Waals surface area contributed by atoms with E-state index in [-0.39, 0.29) is 6.61 Å². The SMILES string of the molecule is COCC(O)CNc1c(Cl)ccc2nsnc12. The summed E-state index contributed by atoms with van der Waals surface area (Å²) in [6, 6.07) is 3.58. The molecule has 0 saturated carbocycles. The van der Waals surface area contributed by atoms with Crippen LogP contribution in [0, 0.1) is 0 Å². The molecule has 0 spiro atoms. The molecule has 0 saturated heterocycles. The van der Waals surface area contributed by atoms with Crippen LogP contribution < -0.4 is 5.32 Å². The molecule has 0 aliphatic carbocycles. The third kappa shape index (κ3) is 2.84. The standard InChI is InChI=1S/C10H12ClN3O2S/c1-16-5-6(15)4-12-9-7(11)2-3-8-10(9)14-17-13-8/h2-3,6,12,15H,4-5H2,1H3. The Bertz CT molecular complexity index is 505. The minimum absolute atomic E-state index is 0.274. The molecule has 92 valence electrons. The first kappa shape index (κ1) is 12.5. The van der Waals surface area contributed by atoms with Gasteiger partial charge in [0.05, 0.1) is 35.1 Å². The first-order valence-electron chi connectivity index (χ1n) is 5.04. The molecule has 0 amide bonds. The van der Waals surface area contributed by atoms with Crippen LogP contribution in [0.25, 0.3) is 11.0 Å². The number of halogens is 1. The fraction of sp³-hybridized carbons (Fsp3) is 0.400. The molecule has 2 rings (SSSR count). The number of ether oxygens (including phenoxy) is 1. The highest BCUT2D eigenvalue weighted by Crippen LogP contribution is 2.29. The van der Waals surface area contributed by atoms with Gasteiger partial charge < -0.3 is 15.2 Å². The Balaban J connectivity index is 2.17. The Morgan fingerprint density at radius 3 is 3.12 bits per heavy atom. The molecular weight excluding hydrogens is 262 g/mol. The van der Waals surface area contributed by atoms with Gasteiger partial charge >= 0.3 is 0 Å². The van der Waals surface area contributed by atoms with Gasteiger partial charge in [-0.1, -0.05) is 11.6 Å². The van der Waals surface area contributed by atoms with Gasteiger partial charge in [-0.3, -0.25) is 0 Å². The second-order valence-corrected chi connectivity index (χ2v) is 4.48. The Morgan fingerprint density at radius 1 is 1.53 bits per heavy atom. The maximum Gasteiger partial charge on any atom is 0.129 e. The molecule has 1 aromatic heterocycles. The summed E-state index contributed by atoms with van der Waals surface area (Å²) in [6.45, 7) is 0.625. The van der Waals surface area contributed by atoms with E-state index >= 15 is 0 Å². The molecule has 1 heterocycles. The van der Waals surface area contributed by atoms with Gasteiger partial charge in [0, 0.05) is 13.7 Å². The van der Waals surface area contributed by atoms with Crippen molar-refractivity contribution in [1.29, 1.82) is 0 Å². The van der Waals surface area contributed by atoms with Crippen molar-refractivity contribution >= 4 is 40.0 Å². The lowest BCUT2D eigenvalue weighted by molar-refractivity contribution is 0.0728. The van der Waals surface area contributed by atoms with Gasteiger partial charge in [-0.25, -0.2) is 0 Å². The highest BCUT2D eigenvalue weighted by molar-refractivity contribution is 7.00. The fourth-order valence-electron chi connectivity index (χ4n) is 1.47. The van der Waals surface area contributed by atoms with Crippen molar-refractivity contribution < 1.29 is 9.84 Å². The molecule has 17 heavy (non-hydrogen) atoms. The summed E-state index contributed by atoms with van der Waals surface area (Å²) >= 11 is 7.22. The molecule has 5 nitrogen and oxygen atoms in total. The van der Waals surface area contributed by atoms with E-state index < -0.39 is 6.10 Å². The number of anilines is 1. The minimum Gasteiger partial charge on any atom is -0.389 e. The zero-order chi connectivity index (χ0) is 12.3. The monoisotopic (exact) mass is 273 g/mol. The lowest BCUT2D eigenvalue weighted by Gasteiger charge is -2.12. The molecule has 1 atom stereocenters. The Labute approximate surface area is 108 Å². The van der Waals surface area contributed by atoms with Gasteiger partial charge in [0.1, 0.15) is 11.0 Å². The van der Waals surface area contributed by atoms with Crippen LogP contribution in [0.5, 0.6) is 0 Å². The molecule has 2 N–H and O–H groups in total. The Morgan fingerprint density at radius 2 is 2.35 bits per heavy atom. The van der Waals surface area contributed by atoms with Gasteiger partial charge in [0.2, 0.25) is 0 Å². The van der Waals surface area contributed by atoms with Crippen molar-refractivity contribution in [3.63, 3.8) is 0 Å². The van der Waals surface area contributed by atoms with Gasteiger partial charge in [0.15, 0.2) is 0 Å². The van der Waals surface area contributed by atoms with Crippen LogP contribution in [0.4, 0.5) is 5.69 Å². The molecule has 0 radical (unpaired) electrons. The highest BCUT2D eigenvalue weighted by atomic mass is 35.5. The predicted octanol–water partition coefficient (Wildman–Crippen LogP) is 1.76. The Kier molecular flexibility index (Phi) is 4.11. The van der Waals surface area contributed by atoms with E-state index in [0.717, 1.165) is 22.8 Å². The van der Waals surface area contributed by atoms with Gasteiger partial charge in [0.25, 0.3) is 0 Å². The van der Waals surface area contributed by atoms with Gasteiger partial charge in [-0.2, -0.15) is 8.75 Å². The average Bonchev–Trinajstić information content (AvgIpc) is 2.76. The van der Waals surface area contributed by atoms with Crippen LogP contribution >= 0.6 is 23.3 Å². The third-order valence-electron chi connectivity index (χ3n) is 2.25. The molecule has 1 aromatic carbocycles. The second-order valence-electron chi connectivity index (χ2n) is 3.54. The quantitative estimate of drug-likeness (QED) is 0.869. The number of aromatic nitrogens is 2. The first-order chi connectivity index (χ1) is 8.22. The van der Waals surface area contributed by atoms with Gasteiger partial charge in [-0.05, 0) is 12.1 Å². The van der Waals surface area contributed by atoms with Crippen molar-refractivity contribution in [2.24, 2.45) is 0 Å². The van der Waals surface area contributed by atoms with Crippen LogP contribution in [0.3, 0.4) is 0 Å². The maximum absolute atomic E-state index is 9.56. The van der Waals surface area contributed by atoms with Crippen molar-refractivity contribution in [3.05, 3.63) is 17.2 Å². The maximum atomic E-state index is 9.56. The molecule has 2 aromatic rings. The molecule has 1 unspecified atom stereocenters. The molecule has 0 fully saturated rings. The molecule has 0 aliphatic heterocycles. The fourth-order valence-corrected chi connectivity index (χ4v) is 2.23. The van der Waals surface area contributed by atoms with E-state index in [4.69, 9.17) is 16.3 Å². The van der Waals surface area contributed by atoms with Crippen molar-refractivity contribution in [3.8, 4) is 0 Å². The number of hydrogen-bond acceptors (Lipinski definition) is 6. The van der Waals surface area contributed by atoms with E-state index in [1.807, 2.05) is 6.07 Å². The van der Waals surface area contributed by atoms with Crippen molar-refractivity contribution in [2.45, 2.75) is 6.10 Å². The number of methoxy groups -OCH3 is 1. The van der Waals surface area contributed by atoms with Crippen LogP contribution in [0.2, 0.25) is 5.02 Å². The summed E-state index contributed by atoms with van der Waals surface area (Å²) in [5.41, 5.74) is 2.23. The Hall–Kier alpha value is -0.950. The largest absolute Gasteiger partial charge is 0.389 e. The van der Waals surface area contributed by atoms with Crippen LogP contribution in [0.15, 0.2) is 12.1 Å². The topological polar surface area (TPSA) is 67.3 Å². The normalized spacial score (nSPS) is 12.9. The number of fused-ring (bicyclic) bond motifs is 1. The number of benzene rings is 1. The summed E-state index contributed by atoms with van der Waals surface area (Å²) in [6.07, 6.45) is -0.585. The summed E-state index contributed by atoms with van der Waals surface area (Å²) in [5, 5.41) is 13.2. The number of hydrogen-bond donors (Lipinski definition) is 2. The lowest BCUT2D eigenvalue weighted by atomic mass is 10.2. The molecule has 0 aliphatic rings. The first-order valence-corrected chi connectivity index (χ1v) is 6.15. The number of aliphatic hydroxyl groups excluding tert-OH is 1. The second kappa shape index (κ2) is 5.59. The van der Waals surface area contributed by atoms with E-state index in [0.29, 0.717) is 17.3 Å². The summed E-state index contributed by atoms with van der Waals surface area (Å²) < 4.78 is 13.1. The number of nitrogens with one attached hydrogen (secondary N) is 1. The number of nitrogens with zero attached hydrogens (tertiary/aromatic N) is 2. The third-order valence-corrected chi connectivity index (χ3v) is 3.11. The van der Waals surface area contributed by atoms with Crippen LogP contribution in [0.1, 0.15) is 0 Å². The summed E-state index contributed by atoms with van der Waals surface area (Å²) in [7, 11) is 1.54. The minimum atomic E-state index is -0.585. The lowest BCUT2D eigenvalue weighted by Crippen LogP contribution is -2.24. The highest BCUT2D eigenvalue weighted by Gasteiger charge is 2.11. The van der Waals surface area contributed by atoms with E-state index in [1.54, 1.807) is 13.2 Å². The van der Waals surface area contributed by atoms with Crippen molar-refractivity contribution in [2.75, 3.05) is 25.6 Å². The predicted molar refractivity (Wildman–Crippen MR) is 68.8 cm³/mol. The average molecular weight is 274 g/mol. The van der Waals surface area contributed by atoms with Gasteiger partial charge in [-0.15, -0.1) is 0 Å². The van der Waals surface area contributed by atoms with E-state index in [9.17, 15) is 5.11 Å². The van der Waals surface area contributed by atoms with Crippen LogP contribution in [-0.2, 0) is 4.74 Å². The van der Waals surface area contributed by atoms with Crippen molar-refractivity contribution in [1.82, 2.24) is 8.75 Å². The number of aliphatic hydroxyl groups is 1. The molecule has 0 bridgehead atoms. The van der Waals surface area contributed by atoms with E-state index in [1.165, 1.54) is 0 Å². The van der Waals surface area contributed by atoms with E-state index in [2.05, 4.69) is 14.1 Å². The smallest absolute Gasteiger partial charge is 0.129 e. The zero-order valence-electron chi connectivity index (χ0n) is 9.18. The summed E-state index contributed by atoms with van der Waals surface area (Å²) in [5.74, 6) is 0. The number of rotatable bonds is 5. The zero-order valence-corrected chi connectivity index (χ0v) is 10.8. The molecule has 7 heteroatoms. The van der Waals surface area contributed by atoms with Crippen LogP contribution in [-0.4, -0.2) is 40.2 Å². The molecular formula is C10H12ClN3O2S.